The van der Waals surface area contributed by atoms with Gasteiger partial charge >= 0.3 is 0 Å². The lowest BCUT2D eigenvalue weighted by Gasteiger charge is -1.98. The van der Waals surface area contributed by atoms with Crippen LogP contribution in [0.4, 0.5) is 0 Å². The summed E-state index contributed by atoms with van der Waals surface area (Å²) in [7, 11) is 0. The van der Waals surface area contributed by atoms with Gasteiger partial charge in [-0.25, -0.2) is 0 Å². The van der Waals surface area contributed by atoms with E-state index >= 15 is 0 Å². The molecule has 0 atom stereocenters. The van der Waals surface area contributed by atoms with Crippen molar-refractivity contribution in [2.24, 2.45) is 5.92 Å². The SMILES string of the molecule is [CH]=CCSC(=O)C(C)C. The van der Waals surface area contributed by atoms with Crippen LogP contribution in [0.5, 0.6) is 0 Å². The molecule has 0 unspecified atom stereocenters. The van der Waals surface area contributed by atoms with E-state index in [0.29, 0.717) is 5.75 Å². The summed E-state index contributed by atoms with van der Waals surface area (Å²) in [5, 5.41) is 0.205. The van der Waals surface area contributed by atoms with E-state index in [2.05, 4.69) is 0 Å². The zero-order valence-corrected chi connectivity index (χ0v) is 6.57. The van der Waals surface area contributed by atoms with Crippen molar-refractivity contribution in [1.82, 2.24) is 0 Å². The van der Waals surface area contributed by atoms with Gasteiger partial charge < -0.3 is 0 Å². The van der Waals surface area contributed by atoms with Gasteiger partial charge in [-0.05, 0) is 0 Å². The fourth-order valence-corrected chi connectivity index (χ4v) is 0.891. The predicted molar refractivity (Wildman–Crippen MR) is 41.2 cm³/mol. The van der Waals surface area contributed by atoms with Gasteiger partial charge in [0, 0.05) is 11.7 Å². The molecule has 9 heavy (non-hydrogen) atoms. The molecule has 0 N–H and O–H groups in total. The minimum atomic E-state index is 0.120. The highest BCUT2D eigenvalue weighted by atomic mass is 32.2. The first kappa shape index (κ1) is 8.76. The molecule has 0 aromatic rings. The van der Waals surface area contributed by atoms with Crippen molar-refractivity contribution in [2.75, 3.05) is 5.75 Å². The van der Waals surface area contributed by atoms with Crippen molar-refractivity contribution >= 4 is 16.9 Å². The molecule has 0 aromatic carbocycles. The molecule has 0 aliphatic rings. The Bertz CT molecular complexity index is 107. The van der Waals surface area contributed by atoms with E-state index in [-0.39, 0.29) is 11.0 Å². The van der Waals surface area contributed by atoms with Crippen LogP contribution < -0.4 is 0 Å². The van der Waals surface area contributed by atoms with Gasteiger partial charge in [-0.1, -0.05) is 38.3 Å². The highest BCUT2D eigenvalue weighted by Gasteiger charge is 2.04. The Balaban J connectivity index is 3.38. The molecule has 2 heteroatoms. The van der Waals surface area contributed by atoms with Crippen LogP contribution in [0.15, 0.2) is 6.08 Å². The van der Waals surface area contributed by atoms with E-state index in [4.69, 9.17) is 6.58 Å². The Kier molecular flexibility index (Phi) is 4.50. The van der Waals surface area contributed by atoms with Crippen LogP contribution in [-0.4, -0.2) is 10.9 Å². The van der Waals surface area contributed by atoms with E-state index in [0.717, 1.165) is 0 Å². The molecule has 1 nitrogen and oxygen atoms in total. The number of carbonyl (C=O) groups excluding carboxylic acids is 1. The molecule has 0 heterocycles. The monoisotopic (exact) mass is 143 g/mol. The van der Waals surface area contributed by atoms with Gasteiger partial charge in [0.05, 0.1) is 0 Å². The molecule has 0 saturated carbocycles. The number of hydrogen-bond donors (Lipinski definition) is 0. The van der Waals surface area contributed by atoms with Crippen molar-refractivity contribution in [1.29, 1.82) is 0 Å². The van der Waals surface area contributed by atoms with Crippen molar-refractivity contribution in [3.63, 3.8) is 0 Å². The lowest BCUT2D eigenvalue weighted by molar-refractivity contribution is -0.113. The Morgan fingerprint density at radius 1 is 1.78 bits per heavy atom. The van der Waals surface area contributed by atoms with E-state index in [9.17, 15) is 4.79 Å². The van der Waals surface area contributed by atoms with E-state index in [1.54, 1.807) is 0 Å². The second kappa shape index (κ2) is 4.62. The van der Waals surface area contributed by atoms with Crippen LogP contribution in [-0.2, 0) is 4.79 Å². The Labute approximate surface area is 60.5 Å². The molecule has 0 bridgehead atoms. The Morgan fingerprint density at radius 2 is 2.33 bits per heavy atom. The number of carbonyl (C=O) groups is 1. The van der Waals surface area contributed by atoms with Gasteiger partial charge in [0.15, 0.2) is 5.12 Å². The van der Waals surface area contributed by atoms with E-state index < -0.39 is 0 Å². The number of rotatable bonds is 3. The third-order valence-corrected chi connectivity index (χ3v) is 1.91. The molecule has 0 aliphatic heterocycles. The number of hydrogen-bond acceptors (Lipinski definition) is 2. The second-order valence-electron chi connectivity index (χ2n) is 2.02. The third-order valence-electron chi connectivity index (χ3n) is 0.793. The van der Waals surface area contributed by atoms with Crippen LogP contribution in [0.25, 0.3) is 0 Å². The molecule has 0 fully saturated rings. The summed E-state index contributed by atoms with van der Waals surface area (Å²) in [6.07, 6.45) is 1.49. The fraction of sp³-hybridized carbons (Fsp3) is 0.571. The summed E-state index contributed by atoms with van der Waals surface area (Å²) in [6, 6.07) is 0. The Hall–Kier alpha value is -0.240. The van der Waals surface area contributed by atoms with Gasteiger partial charge in [0.25, 0.3) is 0 Å². The fourth-order valence-electron chi connectivity index (χ4n) is 0.297. The maximum atomic E-state index is 10.8. The van der Waals surface area contributed by atoms with Gasteiger partial charge in [0.2, 0.25) is 0 Å². The minimum Gasteiger partial charge on any atom is -0.287 e. The van der Waals surface area contributed by atoms with Crippen LogP contribution in [0.3, 0.4) is 0 Å². The van der Waals surface area contributed by atoms with Crippen LogP contribution >= 0.6 is 11.8 Å². The lowest BCUT2D eigenvalue weighted by Crippen LogP contribution is -2.01. The van der Waals surface area contributed by atoms with Crippen LogP contribution in [0.2, 0.25) is 0 Å². The molecule has 0 rings (SSSR count). The molecule has 0 saturated heterocycles. The highest BCUT2D eigenvalue weighted by molar-refractivity contribution is 8.13. The largest absolute Gasteiger partial charge is 0.287 e. The highest BCUT2D eigenvalue weighted by Crippen LogP contribution is 2.09. The Morgan fingerprint density at radius 3 is 2.67 bits per heavy atom. The first-order valence-corrected chi connectivity index (χ1v) is 3.87. The molecular weight excluding hydrogens is 132 g/mol. The molecule has 51 valence electrons. The maximum absolute atomic E-state index is 10.8. The molecular formula is C7H11OS. The molecule has 0 amide bonds. The average molecular weight is 143 g/mol. The molecule has 1 radical (unpaired) electrons. The molecule has 0 spiro atoms. The zero-order chi connectivity index (χ0) is 7.28. The maximum Gasteiger partial charge on any atom is 0.191 e. The van der Waals surface area contributed by atoms with Crippen molar-refractivity contribution in [2.45, 2.75) is 13.8 Å². The first-order chi connectivity index (χ1) is 4.18. The van der Waals surface area contributed by atoms with Gasteiger partial charge in [-0.2, -0.15) is 0 Å². The van der Waals surface area contributed by atoms with Crippen LogP contribution in [0.1, 0.15) is 13.8 Å². The van der Waals surface area contributed by atoms with Gasteiger partial charge in [0.1, 0.15) is 0 Å². The minimum absolute atomic E-state index is 0.120. The topological polar surface area (TPSA) is 17.1 Å². The summed E-state index contributed by atoms with van der Waals surface area (Å²) in [5.74, 6) is 0.742. The standard InChI is InChI=1S/C7H11OS/c1-4-5-9-7(8)6(2)3/h1,4,6H,5H2,2-3H3. The van der Waals surface area contributed by atoms with E-state index in [1.165, 1.54) is 17.8 Å². The van der Waals surface area contributed by atoms with Crippen molar-refractivity contribution in [3.8, 4) is 0 Å². The summed E-state index contributed by atoms with van der Waals surface area (Å²) in [4.78, 5) is 10.8. The molecule has 0 aromatic heterocycles. The smallest absolute Gasteiger partial charge is 0.191 e. The normalized spacial score (nSPS) is 9.67. The quantitative estimate of drug-likeness (QED) is 0.600. The van der Waals surface area contributed by atoms with Crippen molar-refractivity contribution < 1.29 is 4.79 Å². The van der Waals surface area contributed by atoms with Gasteiger partial charge in [-0.3, -0.25) is 4.79 Å². The average Bonchev–Trinajstić information content (AvgIpc) is 1.82. The summed E-state index contributed by atoms with van der Waals surface area (Å²) >= 11 is 1.27. The third kappa shape index (κ3) is 4.28. The summed E-state index contributed by atoms with van der Waals surface area (Å²) < 4.78 is 0. The number of thioether (sulfide) groups is 1. The van der Waals surface area contributed by atoms with Crippen molar-refractivity contribution in [3.05, 3.63) is 12.7 Å². The predicted octanol–water partition coefficient (Wildman–Crippen LogP) is 1.89. The summed E-state index contributed by atoms with van der Waals surface area (Å²) in [5.41, 5.74) is 0. The zero-order valence-electron chi connectivity index (χ0n) is 5.76. The summed E-state index contributed by atoms with van der Waals surface area (Å²) in [6.45, 7) is 8.84. The van der Waals surface area contributed by atoms with E-state index in [1.807, 2.05) is 13.8 Å². The lowest BCUT2D eigenvalue weighted by atomic mass is 10.3. The molecule has 0 aliphatic carbocycles. The second-order valence-corrected chi connectivity index (χ2v) is 3.04. The first-order valence-electron chi connectivity index (χ1n) is 2.88. The van der Waals surface area contributed by atoms with Crippen LogP contribution in [0, 0.1) is 12.5 Å². The van der Waals surface area contributed by atoms with Gasteiger partial charge in [-0.15, -0.1) is 0 Å².